The van der Waals surface area contributed by atoms with Crippen LogP contribution in [0.2, 0.25) is 0 Å². The van der Waals surface area contributed by atoms with Gasteiger partial charge in [0.25, 0.3) is 0 Å². The molecule has 1 saturated heterocycles. The van der Waals surface area contributed by atoms with Gasteiger partial charge in [0, 0.05) is 32.2 Å². The van der Waals surface area contributed by atoms with Crippen molar-refractivity contribution in [2.24, 2.45) is 11.1 Å². The Bertz CT molecular complexity index is 509. The highest BCUT2D eigenvalue weighted by atomic mass is 16.2. The van der Waals surface area contributed by atoms with Gasteiger partial charge in [-0.3, -0.25) is 9.69 Å². The molecule has 23 heavy (non-hydrogen) atoms. The molecule has 4 nitrogen and oxygen atoms in total. The van der Waals surface area contributed by atoms with E-state index in [9.17, 15) is 4.79 Å². The third-order valence-electron chi connectivity index (χ3n) is 4.84. The molecule has 0 saturated carbocycles. The van der Waals surface area contributed by atoms with Gasteiger partial charge in [0.05, 0.1) is 6.04 Å². The predicted molar refractivity (Wildman–Crippen MR) is 94.9 cm³/mol. The van der Waals surface area contributed by atoms with Gasteiger partial charge in [0.15, 0.2) is 0 Å². The third-order valence-corrected chi connectivity index (χ3v) is 4.84. The van der Waals surface area contributed by atoms with Gasteiger partial charge >= 0.3 is 0 Å². The van der Waals surface area contributed by atoms with E-state index in [1.807, 2.05) is 31.7 Å². The Morgan fingerprint density at radius 2 is 1.87 bits per heavy atom. The molecule has 2 rings (SSSR count). The fourth-order valence-electron chi connectivity index (χ4n) is 2.95. The second kappa shape index (κ2) is 7.45. The Labute approximate surface area is 140 Å². The summed E-state index contributed by atoms with van der Waals surface area (Å²) in [7, 11) is 0. The van der Waals surface area contributed by atoms with Gasteiger partial charge in [-0.05, 0) is 24.3 Å². The van der Waals surface area contributed by atoms with Crippen molar-refractivity contribution in [2.45, 2.75) is 52.7 Å². The molecule has 1 aromatic carbocycles. The van der Waals surface area contributed by atoms with Crippen LogP contribution in [0.15, 0.2) is 30.3 Å². The monoisotopic (exact) mass is 317 g/mol. The van der Waals surface area contributed by atoms with Crippen molar-refractivity contribution in [1.29, 1.82) is 0 Å². The zero-order valence-electron chi connectivity index (χ0n) is 15.0. The maximum atomic E-state index is 12.7. The molecule has 128 valence electrons. The predicted octanol–water partition coefficient (Wildman–Crippen LogP) is 2.48. The van der Waals surface area contributed by atoms with Gasteiger partial charge in [-0.25, -0.2) is 0 Å². The molecule has 4 heteroatoms. The van der Waals surface area contributed by atoms with Crippen LogP contribution in [-0.4, -0.2) is 47.4 Å². The average Bonchev–Trinajstić information content (AvgIpc) is 2.69. The highest BCUT2D eigenvalue weighted by molar-refractivity contribution is 5.82. The fourth-order valence-corrected chi connectivity index (χ4v) is 2.95. The SMILES string of the molecule is CC1CCN(C(=O)[C@@H](N)C(C)(C)C)CCN1Cc1ccccc1. The summed E-state index contributed by atoms with van der Waals surface area (Å²) in [6.07, 6.45) is 0.995. The maximum Gasteiger partial charge on any atom is 0.240 e. The van der Waals surface area contributed by atoms with Crippen LogP contribution in [0.25, 0.3) is 0 Å². The van der Waals surface area contributed by atoms with Crippen LogP contribution in [0.5, 0.6) is 0 Å². The first-order valence-electron chi connectivity index (χ1n) is 8.61. The Hall–Kier alpha value is -1.39. The van der Waals surface area contributed by atoms with E-state index < -0.39 is 6.04 Å². The number of hydrogen-bond donors (Lipinski definition) is 1. The lowest BCUT2D eigenvalue weighted by atomic mass is 9.86. The van der Waals surface area contributed by atoms with Crippen LogP contribution >= 0.6 is 0 Å². The van der Waals surface area contributed by atoms with E-state index in [0.29, 0.717) is 6.04 Å². The molecule has 0 aromatic heterocycles. The van der Waals surface area contributed by atoms with E-state index in [2.05, 4.69) is 36.1 Å². The highest BCUT2D eigenvalue weighted by Crippen LogP contribution is 2.21. The number of hydrogen-bond acceptors (Lipinski definition) is 3. The van der Waals surface area contributed by atoms with E-state index in [4.69, 9.17) is 5.73 Å². The lowest BCUT2D eigenvalue weighted by Crippen LogP contribution is -2.51. The normalized spacial score (nSPS) is 21.8. The molecule has 0 spiro atoms. The first-order valence-corrected chi connectivity index (χ1v) is 8.61. The largest absolute Gasteiger partial charge is 0.340 e. The minimum absolute atomic E-state index is 0.0891. The number of carbonyl (C=O) groups is 1. The second-order valence-corrected chi connectivity index (χ2v) is 7.76. The van der Waals surface area contributed by atoms with Crippen molar-refractivity contribution in [3.8, 4) is 0 Å². The summed E-state index contributed by atoms with van der Waals surface area (Å²) in [5.41, 5.74) is 7.29. The quantitative estimate of drug-likeness (QED) is 0.932. The molecule has 0 bridgehead atoms. The van der Waals surface area contributed by atoms with Crippen LogP contribution in [0.1, 0.15) is 39.7 Å². The van der Waals surface area contributed by atoms with E-state index in [1.165, 1.54) is 5.56 Å². The van der Waals surface area contributed by atoms with E-state index >= 15 is 0 Å². The van der Waals surface area contributed by atoms with Gasteiger partial charge < -0.3 is 10.6 Å². The minimum Gasteiger partial charge on any atom is -0.340 e. The zero-order chi connectivity index (χ0) is 17.0. The summed E-state index contributed by atoms with van der Waals surface area (Å²) in [6, 6.07) is 10.6. The molecule has 1 unspecified atom stereocenters. The molecule has 1 aromatic rings. The molecular formula is C19H31N3O. The summed E-state index contributed by atoms with van der Waals surface area (Å²) in [6.45, 7) is 11.7. The Morgan fingerprint density at radius 3 is 2.48 bits per heavy atom. The van der Waals surface area contributed by atoms with E-state index in [1.54, 1.807) is 0 Å². The minimum atomic E-state index is -0.432. The van der Waals surface area contributed by atoms with Gasteiger partial charge in [-0.1, -0.05) is 51.1 Å². The lowest BCUT2D eigenvalue weighted by Gasteiger charge is -2.31. The van der Waals surface area contributed by atoms with Crippen molar-refractivity contribution in [2.75, 3.05) is 19.6 Å². The van der Waals surface area contributed by atoms with Crippen LogP contribution in [0.3, 0.4) is 0 Å². The molecule has 1 fully saturated rings. The van der Waals surface area contributed by atoms with E-state index in [0.717, 1.165) is 32.6 Å². The summed E-state index contributed by atoms with van der Waals surface area (Å²) in [4.78, 5) is 17.1. The number of nitrogens with two attached hydrogens (primary N) is 1. The van der Waals surface area contributed by atoms with Crippen LogP contribution in [0, 0.1) is 5.41 Å². The smallest absolute Gasteiger partial charge is 0.240 e. The zero-order valence-corrected chi connectivity index (χ0v) is 15.0. The highest BCUT2D eigenvalue weighted by Gasteiger charge is 2.32. The topological polar surface area (TPSA) is 49.6 Å². The molecule has 1 heterocycles. The van der Waals surface area contributed by atoms with Crippen molar-refractivity contribution in [3.63, 3.8) is 0 Å². The van der Waals surface area contributed by atoms with Gasteiger partial charge in [0.1, 0.15) is 0 Å². The number of nitrogens with zero attached hydrogens (tertiary/aromatic N) is 2. The van der Waals surface area contributed by atoms with Crippen LogP contribution in [-0.2, 0) is 11.3 Å². The number of benzene rings is 1. The van der Waals surface area contributed by atoms with Crippen molar-refractivity contribution >= 4 is 5.91 Å². The Kier molecular flexibility index (Phi) is 5.82. The second-order valence-electron chi connectivity index (χ2n) is 7.76. The summed E-state index contributed by atoms with van der Waals surface area (Å²) in [5, 5.41) is 0. The van der Waals surface area contributed by atoms with Crippen LogP contribution < -0.4 is 5.73 Å². The molecule has 1 aliphatic heterocycles. The molecule has 0 radical (unpaired) electrons. The molecule has 2 N–H and O–H groups in total. The van der Waals surface area contributed by atoms with Gasteiger partial charge in [-0.15, -0.1) is 0 Å². The number of carbonyl (C=O) groups excluding carboxylic acids is 1. The van der Waals surface area contributed by atoms with E-state index in [-0.39, 0.29) is 11.3 Å². The standard InChI is InChI=1S/C19H31N3O/c1-15-10-11-21(18(23)17(20)19(2,3)4)12-13-22(15)14-16-8-6-5-7-9-16/h5-9,15,17H,10-14,20H2,1-4H3/t15?,17-/m1/s1. The average molecular weight is 317 g/mol. The molecule has 1 aliphatic rings. The Morgan fingerprint density at radius 1 is 1.22 bits per heavy atom. The summed E-state index contributed by atoms with van der Waals surface area (Å²) in [5.74, 6) is 0.0891. The number of rotatable bonds is 3. The molecule has 2 atom stereocenters. The summed E-state index contributed by atoms with van der Waals surface area (Å²) >= 11 is 0. The van der Waals surface area contributed by atoms with Gasteiger partial charge in [-0.2, -0.15) is 0 Å². The van der Waals surface area contributed by atoms with Crippen LogP contribution in [0.4, 0.5) is 0 Å². The third kappa shape index (κ3) is 4.79. The lowest BCUT2D eigenvalue weighted by molar-refractivity contribution is -0.134. The van der Waals surface area contributed by atoms with Crippen molar-refractivity contribution in [3.05, 3.63) is 35.9 Å². The molecule has 1 amide bonds. The Balaban J connectivity index is 1.99. The molecule has 0 aliphatic carbocycles. The number of amides is 1. The van der Waals surface area contributed by atoms with Crippen molar-refractivity contribution in [1.82, 2.24) is 9.80 Å². The molecular weight excluding hydrogens is 286 g/mol. The first kappa shape index (κ1) is 18.0. The van der Waals surface area contributed by atoms with Crippen molar-refractivity contribution < 1.29 is 4.79 Å². The fraction of sp³-hybridized carbons (Fsp3) is 0.632. The summed E-state index contributed by atoms with van der Waals surface area (Å²) < 4.78 is 0. The maximum absolute atomic E-state index is 12.7. The first-order chi connectivity index (χ1) is 10.8. The van der Waals surface area contributed by atoms with Gasteiger partial charge in [0.2, 0.25) is 5.91 Å².